The second-order valence-electron chi connectivity index (χ2n) is 5.21. The molecule has 21 heavy (non-hydrogen) atoms. The molecule has 2 heterocycles. The number of aromatic nitrogens is 2. The number of imidazole rings is 1. The predicted molar refractivity (Wildman–Crippen MR) is 81.0 cm³/mol. The largest absolute Gasteiger partial charge is 0.330 e. The molecular weight excluding hydrogens is 268 g/mol. The molecule has 1 saturated heterocycles. The molecule has 6 nitrogen and oxygen atoms in total. The molecule has 2 aromatic rings. The summed E-state index contributed by atoms with van der Waals surface area (Å²) >= 11 is 0. The number of carbonyl (C=O) groups excluding carboxylic acids is 1. The van der Waals surface area contributed by atoms with Crippen molar-refractivity contribution in [2.75, 3.05) is 18.4 Å². The van der Waals surface area contributed by atoms with Crippen molar-refractivity contribution in [3.05, 3.63) is 46.6 Å². The molecule has 0 aliphatic carbocycles. The fourth-order valence-electron chi connectivity index (χ4n) is 2.64. The van der Waals surface area contributed by atoms with E-state index in [1.165, 1.54) is 0 Å². The lowest BCUT2D eigenvalue weighted by Crippen LogP contribution is -2.32. The smallest absolute Gasteiger partial charge is 0.325 e. The van der Waals surface area contributed by atoms with Crippen LogP contribution < -0.4 is 11.0 Å². The van der Waals surface area contributed by atoms with Crippen molar-refractivity contribution in [3.63, 3.8) is 0 Å². The van der Waals surface area contributed by atoms with E-state index in [4.69, 9.17) is 0 Å². The van der Waals surface area contributed by atoms with Crippen LogP contribution in [0.3, 0.4) is 0 Å². The Morgan fingerprint density at radius 2 is 1.95 bits per heavy atom. The highest BCUT2D eigenvalue weighted by molar-refractivity contribution is 5.91. The number of benzene rings is 1. The van der Waals surface area contributed by atoms with E-state index in [1.807, 2.05) is 31.2 Å². The third-order valence-electron chi connectivity index (χ3n) is 3.74. The standard InChI is InChI=1S/C15H18N4O2/c1-11-10-16-14(20)19(11)13-7-3-2-6-12(13)17-15(21)18-8-4-5-9-18/h2-3,6-7,10H,4-5,8-9H2,1H3,(H,16,20)(H,17,21). The maximum atomic E-state index is 12.2. The molecule has 110 valence electrons. The van der Waals surface area contributed by atoms with Gasteiger partial charge in [-0.15, -0.1) is 0 Å². The summed E-state index contributed by atoms with van der Waals surface area (Å²) < 4.78 is 1.56. The number of nitrogens with zero attached hydrogens (tertiary/aromatic N) is 2. The van der Waals surface area contributed by atoms with Gasteiger partial charge < -0.3 is 15.2 Å². The van der Waals surface area contributed by atoms with Crippen molar-refractivity contribution >= 4 is 11.7 Å². The minimum absolute atomic E-state index is 0.110. The summed E-state index contributed by atoms with van der Waals surface area (Å²) in [5.41, 5.74) is 1.89. The highest BCUT2D eigenvalue weighted by Gasteiger charge is 2.19. The zero-order valence-electron chi connectivity index (χ0n) is 11.9. The molecule has 0 unspecified atom stereocenters. The quantitative estimate of drug-likeness (QED) is 0.887. The van der Waals surface area contributed by atoms with Crippen LogP contribution in [0.2, 0.25) is 0 Å². The van der Waals surface area contributed by atoms with E-state index < -0.39 is 0 Å². The molecule has 1 aliphatic rings. The van der Waals surface area contributed by atoms with Crippen molar-refractivity contribution in [2.45, 2.75) is 19.8 Å². The highest BCUT2D eigenvalue weighted by atomic mass is 16.2. The SMILES string of the molecule is Cc1c[nH]c(=O)n1-c1ccccc1NC(=O)N1CCCC1. The Labute approximate surface area is 122 Å². The monoisotopic (exact) mass is 286 g/mol. The van der Waals surface area contributed by atoms with Crippen molar-refractivity contribution in [1.29, 1.82) is 0 Å². The van der Waals surface area contributed by atoms with Gasteiger partial charge in [0.1, 0.15) is 0 Å². The van der Waals surface area contributed by atoms with Crippen LogP contribution in [0.5, 0.6) is 0 Å². The number of aromatic amines is 1. The van der Waals surface area contributed by atoms with Crippen molar-refractivity contribution in [3.8, 4) is 5.69 Å². The number of carbonyl (C=O) groups is 1. The number of para-hydroxylation sites is 2. The number of H-pyrrole nitrogens is 1. The minimum atomic E-state index is -0.213. The summed E-state index contributed by atoms with van der Waals surface area (Å²) in [5, 5.41) is 2.91. The number of rotatable bonds is 2. The molecule has 0 bridgehead atoms. The Kier molecular flexibility index (Phi) is 3.51. The molecule has 1 aliphatic heterocycles. The Hall–Kier alpha value is -2.50. The number of nitrogens with one attached hydrogen (secondary N) is 2. The Bertz CT molecular complexity index is 710. The summed E-state index contributed by atoms with van der Waals surface area (Å²) in [7, 11) is 0. The predicted octanol–water partition coefficient (Wildman–Crippen LogP) is 2.10. The van der Waals surface area contributed by atoms with E-state index in [0.717, 1.165) is 31.6 Å². The molecule has 2 N–H and O–H groups in total. The summed E-state index contributed by atoms with van der Waals surface area (Å²) in [6, 6.07) is 7.21. The Morgan fingerprint density at radius 3 is 2.62 bits per heavy atom. The molecule has 1 aromatic carbocycles. The first-order valence-electron chi connectivity index (χ1n) is 7.09. The molecule has 3 rings (SSSR count). The van der Waals surface area contributed by atoms with Gasteiger partial charge >= 0.3 is 11.7 Å². The normalized spacial score (nSPS) is 14.4. The van der Waals surface area contributed by atoms with Gasteiger partial charge in [-0.25, -0.2) is 9.59 Å². The van der Waals surface area contributed by atoms with Gasteiger partial charge in [-0.3, -0.25) is 4.57 Å². The summed E-state index contributed by atoms with van der Waals surface area (Å²) in [6.07, 6.45) is 3.75. The van der Waals surface area contributed by atoms with Crippen LogP contribution >= 0.6 is 0 Å². The topological polar surface area (TPSA) is 70.1 Å². The van der Waals surface area contributed by atoms with E-state index in [1.54, 1.807) is 15.7 Å². The third-order valence-corrected chi connectivity index (χ3v) is 3.74. The van der Waals surface area contributed by atoms with Gasteiger partial charge in [0.25, 0.3) is 0 Å². The molecule has 2 amide bonds. The third kappa shape index (κ3) is 2.56. The average Bonchev–Trinajstić information content (AvgIpc) is 3.11. The minimum Gasteiger partial charge on any atom is -0.325 e. The fourth-order valence-corrected chi connectivity index (χ4v) is 2.64. The maximum absolute atomic E-state index is 12.2. The zero-order valence-corrected chi connectivity index (χ0v) is 11.9. The second kappa shape index (κ2) is 5.47. The first-order chi connectivity index (χ1) is 10.2. The van der Waals surface area contributed by atoms with Crippen molar-refractivity contribution < 1.29 is 4.79 Å². The maximum Gasteiger partial charge on any atom is 0.330 e. The average molecular weight is 286 g/mol. The second-order valence-corrected chi connectivity index (χ2v) is 5.21. The van der Waals surface area contributed by atoms with Crippen LogP contribution in [0.15, 0.2) is 35.3 Å². The summed E-state index contributed by atoms with van der Waals surface area (Å²) in [4.78, 5) is 28.6. The molecule has 0 saturated carbocycles. The lowest BCUT2D eigenvalue weighted by atomic mass is 10.2. The Morgan fingerprint density at radius 1 is 1.24 bits per heavy atom. The van der Waals surface area contributed by atoms with Crippen LogP contribution in [0, 0.1) is 6.92 Å². The van der Waals surface area contributed by atoms with E-state index in [2.05, 4.69) is 10.3 Å². The lowest BCUT2D eigenvalue weighted by Gasteiger charge is -2.18. The van der Waals surface area contributed by atoms with Gasteiger partial charge in [-0.2, -0.15) is 0 Å². The first kappa shape index (κ1) is 13.5. The van der Waals surface area contributed by atoms with E-state index in [-0.39, 0.29) is 11.7 Å². The number of hydrogen-bond donors (Lipinski definition) is 2. The summed E-state index contributed by atoms with van der Waals surface area (Å²) in [6.45, 7) is 3.42. The van der Waals surface area contributed by atoms with E-state index >= 15 is 0 Å². The Balaban J connectivity index is 1.93. The number of anilines is 1. The fraction of sp³-hybridized carbons (Fsp3) is 0.333. The van der Waals surface area contributed by atoms with Crippen LogP contribution in [-0.4, -0.2) is 33.6 Å². The molecule has 0 radical (unpaired) electrons. The molecule has 6 heteroatoms. The van der Waals surface area contributed by atoms with Gasteiger partial charge in [0.05, 0.1) is 11.4 Å². The first-order valence-corrected chi connectivity index (χ1v) is 7.09. The van der Waals surface area contributed by atoms with Crippen LogP contribution in [0.25, 0.3) is 5.69 Å². The van der Waals surface area contributed by atoms with Crippen molar-refractivity contribution in [2.24, 2.45) is 0 Å². The number of aryl methyl sites for hydroxylation is 1. The van der Waals surface area contributed by atoms with E-state index in [0.29, 0.717) is 11.4 Å². The molecule has 1 aromatic heterocycles. The highest BCUT2D eigenvalue weighted by Crippen LogP contribution is 2.21. The molecular formula is C15H18N4O2. The van der Waals surface area contributed by atoms with Crippen LogP contribution in [0.4, 0.5) is 10.5 Å². The number of likely N-dealkylation sites (tertiary alicyclic amines) is 1. The number of urea groups is 1. The van der Waals surface area contributed by atoms with Crippen LogP contribution in [0.1, 0.15) is 18.5 Å². The molecule has 0 spiro atoms. The van der Waals surface area contributed by atoms with Gasteiger partial charge in [0.2, 0.25) is 0 Å². The van der Waals surface area contributed by atoms with Gasteiger partial charge in [0.15, 0.2) is 0 Å². The van der Waals surface area contributed by atoms with Crippen LogP contribution in [-0.2, 0) is 0 Å². The van der Waals surface area contributed by atoms with Gasteiger partial charge in [-0.05, 0) is 31.9 Å². The van der Waals surface area contributed by atoms with Crippen molar-refractivity contribution in [1.82, 2.24) is 14.5 Å². The summed E-state index contributed by atoms with van der Waals surface area (Å²) in [5.74, 6) is 0. The van der Waals surface area contributed by atoms with E-state index in [9.17, 15) is 9.59 Å². The number of amides is 2. The molecule has 1 fully saturated rings. The van der Waals surface area contributed by atoms with Gasteiger partial charge in [0, 0.05) is 25.0 Å². The molecule has 0 atom stereocenters. The zero-order chi connectivity index (χ0) is 14.8. The lowest BCUT2D eigenvalue weighted by molar-refractivity contribution is 0.222. The van der Waals surface area contributed by atoms with Gasteiger partial charge in [-0.1, -0.05) is 12.1 Å². The number of hydrogen-bond acceptors (Lipinski definition) is 2.